The normalized spacial score (nSPS) is 13.1. The number of benzene rings is 2. The molecule has 0 radical (unpaired) electrons. The molecule has 3 rings (SSSR count). The minimum Gasteiger partial charge on any atom is -0.497 e. The van der Waals surface area contributed by atoms with Crippen molar-refractivity contribution >= 4 is 6.08 Å². The van der Waals surface area contributed by atoms with Crippen LogP contribution in [0.4, 0.5) is 0 Å². The average molecular weight is 236 g/mol. The lowest BCUT2D eigenvalue weighted by Gasteiger charge is -2.08. The van der Waals surface area contributed by atoms with Crippen molar-refractivity contribution in [2.24, 2.45) is 0 Å². The molecule has 0 fully saturated rings. The van der Waals surface area contributed by atoms with Crippen LogP contribution in [0.5, 0.6) is 5.75 Å². The molecule has 0 N–H and O–H groups in total. The first-order chi connectivity index (χ1) is 8.78. The Morgan fingerprint density at radius 1 is 1.00 bits per heavy atom. The summed E-state index contributed by atoms with van der Waals surface area (Å²) in [5, 5.41) is 0. The SMILES string of the molecule is COc1ccc(-c2cccc3c2C=C(C)C3)cc1. The second-order valence-corrected chi connectivity index (χ2v) is 4.77. The van der Waals surface area contributed by atoms with Gasteiger partial charge in [0.05, 0.1) is 7.11 Å². The quantitative estimate of drug-likeness (QED) is 0.754. The molecule has 90 valence electrons. The Bertz CT molecular complexity index is 606. The molecule has 1 aliphatic rings. The Balaban J connectivity index is 2.09. The van der Waals surface area contributed by atoms with Gasteiger partial charge in [0.1, 0.15) is 5.75 Å². The summed E-state index contributed by atoms with van der Waals surface area (Å²) in [5.74, 6) is 0.901. The molecule has 1 heteroatoms. The molecule has 18 heavy (non-hydrogen) atoms. The Morgan fingerprint density at radius 2 is 1.78 bits per heavy atom. The fourth-order valence-electron chi connectivity index (χ4n) is 2.56. The lowest BCUT2D eigenvalue weighted by molar-refractivity contribution is 0.415. The summed E-state index contributed by atoms with van der Waals surface area (Å²) >= 11 is 0. The van der Waals surface area contributed by atoms with Crippen LogP contribution in [0.15, 0.2) is 48.0 Å². The van der Waals surface area contributed by atoms with Crippen LogP contribution >= 0.6 is 0 Å². The van der Waals surface area contributed by atoms with Crippen molar-refractivity contribution in [1.82, 2.24) is 0 Å². The number of ether oxygens (including phenoxy) is 1. The summed E-state index contributed by atoms with van der Waals surface area (Å²) in [6.45, 7) is 2.19. The second kappa shape index (κ2) is 4.34. The Kier molecular flexibility index (Phi) is 2.67. The fraction of sp³-hybridized carbons (Fsp3) is 0.176. The van der Waals surface area contributed by atoms with Gasteiger partial charge < -0.3 is 4.74 Å². The third-order valence-electron chi connectivity index (χ3n) is 3.46. The zero-order valence-corrected chi connectivity index (χ0v) is 10.7. The maximum atomic E-state index is 5.20. The summed E-state index contributed by atoms with van der Waals surface area (Å²) in [4.78, 5) is 0. The Hall–Kier alpha value is -2.02. The minimum absolute atomic E-state index is 0.901. The molecule has 0 unspecified atom stereocenters. The highest BCUT2D eigenvalue weighted by Gasteiger charge is 2.13. The zero-order valence-electron chi connectivity index (χ0n) is 10.7. The first-order valence-corrected chi connectivity index (χ1v) is 6.21. The molecule has 0 saturated heterocycles. The number of fused-ring (bicyclic) bond motifs is 1. The van der Waals surface area contributed by atoms with E-state index in [-0.39, 0.29) is 0 Å². The van der Waals surface area contributed by atoms with E-state index >= 15 is 0 Å². The van der Waals surface area contributed by atoms with E-state index in [9.17, 15) is 0 Å². The van der Waals surface area contributed by atoms with Crippen molar-refractivity contribution in [1.29, 1.82) is 0 Å². The van der Waals surface area contributed by atoms with Gasteiger partial charge in [0.25, 0.3) is 0 Å². The lowest BCUT2D eigenvalue weighted by atomic mass is 9.97. The van der Waals surface area contributed by atoms with Gasteiger partial charge in [0.2, 0.25) is 0 Å². The molecule has 0 heterocycles. The third kappa shape index (κ3) is 1.82. The van der Waals surface area contributed by atoms with Crippen LogP contribution in [0.3, 0.4) is 0 Å². The second-order valence-electron chi connectivity index (χ2n) is 4.77. The molecule has 0 saturated carbocycles. The predicted molar refractivity (Wildman–Crippen MR) is 75.8 cm³/mol. The number of hydrogen-bond acceptors (Lipinski definition) is 1. The molecule has 0 aromatic heterocycles. The van der Waals surface area contributed by atoms with Crippen LogP contribution in [0.1, 0.15) is 18.1 Å². The zero-order chi connectivity index (χ0) is 12.5. The van der Waals surface area contributed by atoms with Gasteiger partial charge in [0, 0.05) is 0 Å². The molecule has 1 aliphatic carbocycles. The minimum atomic E-state index is 0.901. The van der Waals surface area contributed by atoms with E-state index in [0.29, 0.717) is 0 Å². The molecule has 0 aliphatic heterocycles. The van der Waals surface area contributed by atoms with Gasteiger partial charge in [0.15, 0.2) is 0 Å². The van der Waals surface area contributed by atoms with Gasteiger partial charge in [-0.15, -0.1) is 0 Å². The van der Waals surface area contributed by atoms with Gasteiger partial charge in [-0.25, -0.2) is 0 Å². The highest BCUT2D eigenvalue weighted by molar-refractivity contribution is 5.80. The summed E-state index contributed by atoms with van der Waals surface area (Å²) in [7, 11) is 1.70. The van der Waals surface area contributed by atoms with E-state index in [1.165, 1.54) is 27.8 Å². The lowest BCUT2D eigenvalue weighted by Crippen LogP contribution is -1.88. The average Bonchev–Trinajstić information content (AvgIpc) is 2.79. The van der Waals surface area contributed by atoms with Gasteiger partial charge >= 0.3 is 0 Å². The van der Waals surface area contributed by atoms with E-state index in [1.807, 2.05) is 12.1 Å². The van der Waals surface area contributed by atoms with Gasteiger partial charge in [-0.3, -0.25) is 0 Å². The summed E-state index contributed by atoms with van der Waals surface area (Å²) in [5.41, 5.74) is 6.80. The van der Waals surface area contributed by atoms with Crippen LogP contribution in [0.25, 0.3) is 17.2 Å². The van der Waals surface area contributed by atoms with E-state index in [4.69, 9.17) is 4.74 Å². The number of rotatable bonds is 2. The maximum Gasteiger partial charge on any atom is 0.118 e. The van der Waals surface area contributed by atoms with Crippen molar-refractivity contribution < 1.29 is 4.74 Å². The highest BCUT2D eigenvalue weighted by Crippen LogP contribution is 2.34. The van der Waals surface area contributed by atoms with E-state index in [0.717, 1.165) is 12.2 Å². The maximum absolute atomic E-state index is 5.20. The molecular weight excluding hydrogens is 220 g/mol. The number of hydrogen-bond donors (Lipinski definition) is 0. The van der Waals surface area contributed by atoms with Gasteiger partial charge in [-0.05, 0) is 47.7 Å². The molecule has 0 amide bonds. The topological polar surface area (TPSA) is 9.23 Å². The van der Waals surface area contributed by atoms with Crippen molar-refractivity contribution in [2.75, 3.05) is 7.11 Å². The highest BCUT2D eigenvalue weighted by atomic mass is 16.5. The summed E-state index contributed by atoms with van der Waals surface area (Å²) in [6, 6.07) is 14.8. The van der Waals surface area contributed by atoms with Crippen LogP contribution in [-0.4, -0.2) is 7.11 Å². The van der Waals surface area contributed by atoms with Crippen molar-refractivity contribution in [3.8, 4) is 16.9 Å². The van der Waals surface area contributed by atoms with Gasteiger partial charge in [-0.2, -0.15) is 0 Å². The third-order valence-corrected chi connectivity index (χ3v) is 3.46. The van der Waals surface area contributed by atoms with Crippen molar-refractivity contribution in [2.45, 2.75) is 13.3 Å². The van der Waals surface area contributed by atoms with Crippen LogP contribution < -0.4 is 4.74 Å². The fourth-order valence-corrected chi connectivity index (χ4v) is 2.56. The molecular formula is C17H16O. The number of methoxy groups -OCH3 is 1. The Labute approximate surface area is 108 Å². The first-order valence-electron chi connectivity index (χ1n) is 6.21. The monoisotopic (exact) mass is 236 g/mol. The van der Waals surface area contributed by atoms with E-state index < -0.39 is 0 Å². The molecule has 2 aromatic carbocycles. The molecule has 0 spiro atoms. The summed E-state index contributed by atoms with van der Waals surface area (Å²) in [6.07, 6.45) is 3.38. The van der Waals surface area contributed by atoms with Crippen LogP contribution in [0.2, 0.25) is 0 Å². The van der Waals surface area contributed by atoms with Crippen molar-refractivity contribution in [3.63, 3.8) is 0 Å². The van der Waals surface area contributed by atoms with E-state index in [1.54, 1.807) is 7.11 Å². The molecule has 0 bridgehead atoms. The van der Waals surface area contributed by atoms with Crippen molar-refractivity contribution in [3.05, 3.63) is 59.2 Å². The van der Waals surface area contributed by atoms with Gasteiger partial charge in [-0.1, -0.05) is 42.0 Å². The number of allylic oxidation sites excluding steroid dienone is 1. The smallest absolute Gasteiger partial charge is 0.118 e. The molecule has 2 aromatic rings. The van der Waals surface area contributed by atoms with Crippen LogP contribution in [0, 0.1) is 0 Å². The largest absolute Gasteiger partial charge is 0.497 e. The summed E-state index contributed by atoms with van der Waals surface area (Å²) < 4.78 is 5.20. The molecule has 0 atom stereocenters. The first kappa shape index (κ1) is 11.1. The standard InChI is InChI=1S/C17H16O/c1-12-10-14-4-3-5-16(17(14)11-12)13-6-8-15(18-2)9-7-13/h3-9,11H,10H2,1-2H3. The van der Waals surface area contributed by atoms with Crippen LogP contribution in [-0.2, 0) is 6.42 Å². The molecule has 1 nitrogen and oxygen atoms in total. The predicted octanol–water partition coefficient (Wildman–Crippen LogP) is 4.32. The van der Waals surface area contributed by atoms with E-state index in [2.05, 4.69) is 43.3 Å². The Morgan fingerprint density at radius 3 is 2.50 bits per heavy atom.